The Balaban J connectivity index is 1.98. The van der Waals surface area contributed by atoms with E-state index in [9.17, 15) is 0 Å². The fourth-order valence-corrected chi connectivity index (χ4v) is 2.30. The summed E-state index contributed by atoms with van der Waals surface area (Å²) in [6.07, 6.45) is 1.73. The molecule has 1 N–H and O–H groups in total. The summed E-state index contributed by atoms with van der Waals surface area (Å²) in [5, 5.41) is 4.64. The molecule has 3 rings (SSSR count). The number of fused-ring (bicyclic) bond motifs is 1. The number of aromatic nitrogens is 2. The van der Waals surface area contributed by atoms with Gasteiger partial charge >= 0.3 is 0 Å². The molecule has 0 aliphatic heterocycles. The second-order valence-corrected chi connectivity index (χ2v) is 5.03. The maximum atomic E-state index is 5.97. The van der Waals surface area contributed by atoms with Crippen LogP contribution < -0.4 is 14.8 Å². The zero-order valence-electron chi connectivity index (χ0n) is 12.1. The normalized spacial score (nSPS) is 10.5. The molecule has 3 aromatic rings. The lowest BCUT2D eigenvalue weighted by atomic mass is 10.2. The minimum Gasteiger partial charge on any atom is -0.493 e. The zero-order valence-corrected chi connectivity index (χ0v) is 12.9. The monoisotopic (exact) mass is 315 g/mol. The van der Waals surface area contributed by atoms with Gasteiger partial charge in [-0.15, -0.1) is 0 Å². The summed E-state index contributed by atoms with van der Waals surface area (Å²) in [4.78, 5) is 8.78. The van der Waals surface area contributed by atoms with Crippen molar-refractivity contribution in [2.75, 3.05) is 19.5 Å². The number of ether oxygens (including phenoxy) is 2. The average molecular weight is 316 g/mol. The van der Waals surface area contributed by atoms with Crippen LogP contribution in [0.15, 0.2) is 42.6 Å². The van der Waals surface area contributed by atoms with Gasteiger partial charge in [0.25, 0.3) is 0 Å². The van der Waals surface area contributed by atoms with Gasteiger partial charge in [-0.1, -0.05) is 17.7 Å². The minimum atomic E-state index is 0.488. The molecule has 112 valence electrons. The van der Waals surface area contributed by atoms with Crippen LogP contribution in [0.4, 0.5) is 11.6 Å². The van der Waals surface area contributed by atoms with Gasteiger partial charge in [0.1, 0.15) is 0 Å². The van der Waals surface area contributed by atoms with E-state index in [0.29, 0.717) is 22.5 Å². The van der Waals surface area contributed by atoms with Crippen molar-refractivity contribution >= 4 is 34.1 Å². The number of hydrogen-bond acceptors (Lipinski definition) is 5. The summed E-state index contributed by atoms with van der Waals surface area (Å²) >= 11 is 5.97. The number of benzene rings is 2. The van der Waals surface area contributed by atoms with Gasteiger partial charge < -0.3 is 14.8 Å². The van der Waals surface area contributed by atoms with E-state index in [-0.39, 0.29) is 0 Å². The Morgan fingerprint density at radius 1 is 1.05 bits per heavy atom. The molecular weight excluding hydrogens is 302 g/mol. The highest BCUT2D eigenvalue weighted by molar-refractivity contribution is 6.30. The molecule has 0 aliphatic rings. The maximum Gasteiger partial charge on any atom is 0.227 e. The average Bonchev–Trinajstić information content (AvgIpc) is 2.53. The smallest absolute Gasteiger partial charge is 0.227 e. The van der Waals surface area contributed by atoms with Gasteiger partial charge in [-0.05, 0) is 24.3 Å². The van der Waals surface area contributed by atoms with Crippen LogP contribution in [0.5, 0.6) is 11.5 Å². The quantitative estimate of drug-likeness (QED) is 0.787. The lowest BCUT2D eigenvalue weighted by Gasteiger charge is -2.10. The predicted molar refractivity (Wildman–Crippen MR) is 87.4 cm³/mol. The van der Waals surface area contributed by atoms with E-state index in [4.69, 9.17) is 21.1 Å². The van der Waals surface area contributed by atoms with Crippen molar-refractivity contribution in [2.24, 2.45) is 0 Å². The molecular formula is C16H14ClN3O2. The number of anilines is 2. The van der Waals surface area contributed by atoms with E-state index in [2.05, 4.69) is 15.3 Å². The number of rotatable bonds is 4. The Hall–Kier alpha value is -2.53. The van der Waals surface area contributed by atoms with Crippen LogP contribution in [0.2, 0.25) is 5.02 Å². The molecule has 0 atom stereocenters. The topological polar surface area (TPSA) is 56.3 Å². The Morgan fingerprint density at radius 3 is 2.55 bits per heavy atom. The lowest BCUT2D eigenvalue weighted by Crippen LogP contribution is -1.98. The first kappa shape index (κ1) is 14.4. The molecule has 0 bridgehead atoms. The van der Waals surface area contributed by atoms with Gasteiger partial charge in [0, 0.05) is 28.4 Å². The molecule has 1 aromatic heterocycles. The van der Waals surface area contributed by atoms with Crippen molar-refractivity contribution in [2.45, 2.75) is 0 Å². The Morgan fingerprint density at radius 2 is 1.82 bits per heavy atom. The van der Waals surface area contributed by atoms with E-state index in [1.54, 1.807) is 20.4 Å². The molecule has 1 heterocycles. The number of halogens is 1. The van der Waals surface area contributed by atoms with Gasteiger partial charge in [0.2, 0.25) is 5.95 Å². The number of hydrogen-bond donors (Lipinski definition) is 1. The summed E-state index contributed by atoms with van der Waals surface area (Å²) in [7, 11) is 3.19. The molecule has 22 heavy (non-hydrogen) atoms. The summed E-state index contributed by atoms with van der Waals surface area (Å²) in [5.41, 5.74) is 1.59. The van der Waals surface area contributed by atoms with E-state index in [1.165, 1.54) is 0 Å². The van der Waals surface area contributed by atoms with Crippen molar-refractivity contribution in [1.29, 1.82) is 0 Å². The third-order valence-electron chi connectivity index (χ3n) is 3.17. The van der Waals surface area contributed by atoms with E-state index < -0.39 is 0 Å². The highest BCUT2D eigenvalue weighted by Crippen LogP contribution is 2.31. The Labute approximate surface area is 132 Å². The predicted octanol–water partition coefficient (Wildman–Crippen LogP) is 4.04. The van der Waals surface area contributed by atoms with Crippen LogP contribution in [-0.4, -0.2) is 24.2 Å². The van der Waals surface area contributed by atoms with Crippen molar-refractivity contribution in [3.63, 3.8) is 0 Å². The molecule has 0 aliphatic carbocycles. The number of nitrogens with zero attached hydrogens (tertiary/aromatic N) is 2. The molecule has 0 amide bonds. The molecule has 0 saturated heterocycles. The third kappa shape index (κ3) is 2.89. The van der Waals surface area contributed by atoms with Crippen LogP contribution in [0.25, 0.3) is 10.9 Å². The molecule has 0 fully saturated rings. The largest absolute Gasteiger partial charge is 0.493 e. The molecule has 5 nitrogen and oxygen atoms in total. The van der Waals surface area contributed by atoms with Crippen LogP contribution in [0, 0.1) is 0 Å². The highest BCUT2D eigenvalue weighted by Gasteiger charge is 2.08. The van der Waals surface area contributed by atoms with Crippen molar-refractivity contribution in [3.05, 3.63) is 47.6 Å². The first-order chi connectivity index (χ1) is 10.7. The summed E-state index contributed by atoms with van der Waals surface area (Å²) < 4.78 is 10.6. The SMILES string of the molecule is COc1cc2cnc(Nc3cccc(Cl)c3)nc2cc1OC. The van der Waals surface area contributed by atoms with Crippen LogP contribution in [0.1, 0.15) is 0 Å². The fraction of sp³-hybridized carbons (Fsp3) is 0.125. The Bertz CT molecular complexity index is 824. The second-order valence-electron chi connectivity index (χ2n) is 4.59. The number of nitrogens with one attached hydrogen (secondary N) is 1. The van der Waals surface area contributed by atoms with Crippen molar-refractivity contribution < 1.29 is 9.47 Å². The second kappa shape index (κ2) is 6.07. The summed E-state index contributed by atoms with van der Waals surface area (Å²) in [6, 6.07) is 11.0. The van der Waals surface area contributed by atoms with E-state index in [0.717, 1.165) is 16.6 Å². The number of methoxy groups -OCH3 is 2. The van der Waals surface area contributed by atoms with Gasteiger partial charge in [-0.2, -0.15) is 0 Å². The van der Waals surface area contributed by atoms with Gasteiger partial charge in [0.05, 0.1) is 19.7 Å². The lowest BCUT2D eigenvalue weighted by molar-refractivity contribution is 0.356. The van der Waals surface area contributed by atoms with Crippen LogP contribution in [0.3, 0.4) is 0 Å². The first-order valence-corrected chi connectivity index (χ1v) is 6.99. The fourth-order valence-electron chi connectivity index (χ4n) is 2.11. The maximum absolute atomic E-state index is 5.97. The summed E-state index contributed by atoms with van der Waals surface area (Å²) in [5.74, 6) is 1.76. The standard InChI is InChI=1S/C16H14ClN3O2/c1-21-14-6-10-9-18-16(20-13(10)8-15(14)22-2)19-12-5-3-4-11(17)7-12/h3-9H,1-2H3,(H,18,19,20). The van der Waals surface area contributed by atoms with E-state index >= 15 is 0 Å². The molecule has 2 aromatic carbocycles. The van der Waals surface area contributed by atoms with Crippen LogP contribution >= 0.6 is 11.6 Å². The summed E-state index contributed by atoms with van der Waals surface area (Å²) in [6.45, 7) is 0. The van der Waals surface area contributed by atoms with Crippen molar-refractivity contribution in [1.82, 2.24) is 9.97 Å². The molecule has 0 saturated carbocycles. The molecule has 0 spiro atoms. The van der Waals surface area contributed by atoms with E-state index in [1.807, 2.05) is 36.4 Å². The van der Waals surface area contributed by atoms with Gasteiger partial charge in [-0.3, -0.25) is 0 Å². The first-order valence-electron chi connectivity index (χ1n) is 6.61. The Kier molecular flexibility index (Phi) is 3.98. The van der Waals surface area contributed by atoms with Gasteiger partial charge in [0.15, 0.2) is 11.5 Å². The zero-order chi connectivity index (χ0) is 15.5. The molecule has 0 radical (unpaired) electrons. The van der Waals surface area contributed by atoms with Crippen LogP contribution in [-0.2, 0) is 0 Å². The van der Waals surface area contributed by atoms with Gasteiger partial charge in [-0.25, -0.2) is 9.97 Å². The molecule has 0 unspecified atom stereocenters. The van der Waals surface area contributed by atoms with Crippen molar-refractivity contribution in [3.8, 4) is 11.5 Å². The third-order valence-corrected chi connectivity index (χ3v) is 3.40. The highest BCUT2D eigenvalue weighted by atomic mass is 35.5. The minimum absolute atomic E-state index is 0.488. The molecule has 6 heteroatoms.